The van der Waals surface area contributed by atoms with Crippen LogP contribution in [0.5, 0.6) is 0 Å². The number of hydrogen-bond acceptors (Lipinski definition) is 18. The number of hydrogen-bond donors (Lipinski definition) is 12. The highest BCUT2D eigenvalue weighted by atomic mass is 16.8. The van der Waals surface area contributed by atoms with Crippen molar-refractivity contribution in [2.75, 3.05) is 26.4 Å². The molecule has 3 aliphatic heterocycles. The minimum atomic E-state index is -1.98. The smallest absolute Gasteiger partial charge is 0.220 e. The second kappa shape index (κ2) is 62.5. The summed E-state index contributed by atoms with van der Waals surface area (Å²) in [6, 6.07) is -0.992. The van der Waals surface area contributed by atoms with Crippen LogP contribution in [0.15, 0.2) is 60.8 Å². The maximum absolute atomic E-state index is 13.5. The fraction of sp³-hybridized carbons (Fsp3) is 0.866. The Morgan fingerprint density at radius 1 is 0.356 bits per heavy atom. The van der Waals surface area contributed by atoms with E-state index in [0.717, 1.165) is 51.4 Å². The molecule has 0 spiro atoms. The molecular weight excluding hydrogens is 1290 g/mol. The summed E-state index contributed by atoms with van der Waals surface area (Å²) < 4.78 is 34.4. The zero-order valence-corrected chi connectivity index (χ0v) is 63.1. The van der Waals surface area contributed by atoms with Crippen molar-refractivity contribution in [1.82, 2.24) is 5.32 Å². The first-order valence-electron chi connectivity index (χ1n) is 41.0. The van der Waals surface area contributed by atoms with Gasteiger partial charge in [0.15, 0.2) is 18.9 Å². The molecule has 0 saturated carbocycles. The summed E-state index contributed by atoms with van der Waals surface area (Å²) in [6.45, 7) is 1.75. The first kappa shape index (κ1) is 92.7. The molecule has 17 atom stereocenters. The molecule has 0 bridgehead atoms. The van der Waals surface area contributed by atoms with Gasteiger partial charge >= 0.3 is 0 Å². The van der Waals surface area contributed by atoms with Crippen LogP contribution in [0.1, 0.15) is 322 Å². The van der Waals surface area contributed by atoms with Gasteiger partial charge in [-0.15, -0.1) is 0 Å². The lowest BCUT2D eigenvalue weighted by molar-refractivity contribution is -0.379. The highest BCUT2D eigenvalue weighted by Crippen LogP contribution is 2.33. The maximum Gasteiger partial charge on any atom is 0.220 e. The summed E-state index contributed by atoms with van der Waals surface area (Å²) in [5.74, 6) is -0.281. The van der Waals surface area contributed by atoms with Crippen molar-refractivity contribution < 1.29 is 89.4 Å². The Balaban J connectivity index is 1.37. The Morgan fingerprint density at radius 2 is 0.663 bits per heavy atom. The topological polar surface area (TPSA) is 307 Å². The Morgan fingerprint density at radius 3 is 1.06 bits per heavy atom. The minimum absolute atomic E-state index is 0.236. The van der Waals surface area contributed by atoms with E-state index in [0.29, 0.717) is 12.8 Å². The predicted molar refractivity (Wildman–Crippen MR) is 402 cm³/mol. The lowest BCUT2D eigenvalue weighted by atomic mass is 9.96. The maximum atomic E-state index is 13.5. The molecule has 0 radical (unpaired) electrons. The first-order valence-corrected chi connectivity index (χ1v) is 41.0. The van der Waals surface area contributed by atoms with Gasteiger partial charge in [-0.2, -0.15) is 0 Å². The van der Waals surface area contributed by atoms with Crippen LogP contribution in [-0.2, 0) is 33.2 Å². The van der Waals surface area contributed by atoms with Crippen LogP contribution in [0.25, 0.3) is 0 Å². The van der Waals surface area contributed by atoms with E-state index in [-0.39, 0.29) is 18.9 Å². The number of allylic oxidation sites excluding steroid dienone is 9. The van der Waals surface area contributed by atoms with Crippen molar-refractivity contribution in [3.05, 3.63) is 60.8 Å². The number of rotatable bonds is 65. The number of unbranched alkanes of at least 4 members (excludes halogenated alkanes) is 41. The standard InChI is InChI=1S/C82H149NO18/c1-3-5-7-9-11-13-15-17-19-21-23-25-27-28-29-30-31-32-33-34-35-36-38-40-42-44-46-48-50-52-54-56-58-60-70(88)83-65(66(87)59-57-55-53-51-49-47-45-43-41-39-37-26-24-22-20-18-16-14-12-10-8-6-4-2)64-96-80-76(94)73(91)78(68(62-85)98-80)101-82-77(95)74(92)79(69(63-86)99-82)100-81-75(93)72(90)71(89)67(61-84)97-81/h15,17,21,23,27-28,49,51,57,59,65-69,71-82,84-87,89-95H,3-14,16,18-20,22,24-26,29-48,50,52-56,58,60-64H2,1-2H3,(H,83,88)/b17-15-,23-21-,28-27-,51-49+,59-57+. The summed E-state index contributed by atoms with van der Waals surface area (Å²) in [5.41, 5.74) is 0. The molecule has 3 saturated heterocycles. The van der Waals surface area contributed by atoms with Crippen molar-refractivity contribution in [1.29, 1.82) is 0 Å². The average Bonchev–Trinajstić information content (AvgIpc) is 0.783. The summed E-state index contributed by atoms with van der Waals surface area (Å²) in [5, 5.41) is 121. The third-order valence-electron chi connectivity index (χ3n) is 20.3. The Hall–Kier alpha value is -2.51. The molecule has 3 fully saturated rings. The average molecular weight is 1440 g/mol. The molecule has 19 heteroatoms. The van der Waals surface area contributed by atoms with Crippen LogP contribution < -0.4 is 5.32 Å². The normalized spacial score (nSPS) is 26.6. The van der Waals surface area contributed by atoms with Crippen molar-refractivity contribution in [2.45, 2.75) is 426 Å². The summed E-state index contributed by atoms with van der Waals surface area (Å²) >= 11 is 0. The minimum Gasteiger partial charge on any atom is -0.394 e. The van der Waals surface area contributed by atoms with E-state index in [9.17, 15) is 61.0 Å². The van der Waals surface area contributed by atoms with Crippen molar-refractivity contribution >= 4 is 5.91 Å². The van der Waals surface area contributed by atoms with Gasteiger partial charge in [0.05, 0.1) is 38.6 Å². The summed E-state index contributed by atoms with van der Waals surface area (Å²) in [4.78, 5) is 13.5. The monoisotopic (exact) mass is 1440 g/mol. The third kappa shape index (κ3) is 42.6. The molecular formula is C82H149NO18. The van der Waals surface area contributed by atoms with Crippen LogP contribution in [0.4, 0.5) is 0 Å². The number of carbonyl (C=O) groups is 1. The SMILES string of the molecule is CCCCCCC/C=C\C/C=C\C/C=C\CCCCCCCCCCCCCCCCCCCCC(=O)NC(COC1OC(CO)C(OC2OC(CO)C(OC3OC(CO)C(O)C(O)C3O)C(O)C2O)C(O)C1O)C(O)/C=C/CC/C=C/CCCCCCCCCCCCCCCCCCC. The number of aliphatic hydroxyl groups is 11. The zero-order chi connectivity index (χ0) is 73.2. The number of amides is 1. The quantitative estimate of drug-likeness (QED) is 0.0199. The van der Waals surface area contributed by atoms with Gasteiger partial charge in [-0.1, -0.05) is 306 Å². The van der Waals surface area contributed by atoms with Gasteiger partial charge < -0.3 is 89.9 Å². The molecule has 1 amide bonds. The lowest BCUT2D eigenvalue weighted by Crippen LogP contribution is -2.66. The van der Waals surface area contributed by atoms with E-state index in [1.165, 1.54) is 238 Å². The van der Waals surface area contributed by atoms with Crippen molar-refractivity contribution in [3.8, 4) is 0 Å². The van der Waals surface area contributed by atoms with Gasteiger partial charge in [0.25, 0.3) is 0 Å². The van der Waals surface area contributed by atoms with Gasteiger partial charge in [0, 0.05) is 6.42 Å². The van der Waals surface area contributed by atoms with Crippen LogP contribution in [0.2, 0.25) is 0 Å². The molecule has 3 heterocycles. The van der Waals surface area contributed by atoms with E-state index in [1.54, 1.807) is 6.08 Å². The fourth-order valence-corrected chi connectivity index (χ4v) is 13.7. The zero-order valence-electron chi connectivity index (χ0n) is 63.1. The fourth-order valence-electron chi connectivity index (χ4n) is 13.7. The highest BCUT2D eigenvalue weighted by Gasteiger charge is 2.54. The Labute approximate surface area is 611 Å². The summed E-state index contributed by atoms with van der Waals surface area (Å²) in [6.07, 6.45) is 53.5. The van der Waals surface area contributed by atoms with E-state index >= 15 is 0 Å². The van der Waals surface area contributed by atoms with Crippen LogP contribution in [-0.4, -0.2) is 193 Å². The van der Waals surface area contributed by atoms with Crippen LogP contribution in [0, 0.1) is 0 Å². The van der Waals surface area contributed by atoms with E-state index in [4.69, 9.17) is 28.4 Å². The number of ether oxygens (including phenoxy) is 6. The van der Waals surface area contributed by atoms with E-state index in [1.807, 2.05) is 6.08 Å². The molecule has 3 aliphatic rings. The van der Waals surface area contributed by atoms with E-state index in [2.05, 4.69) is 67.8 Å². The van der Waals surface area contributed by atoms with Gasteiger partial charge in [-0.25, -0.2) is 0 Å². The molecule has 0 aromatic carbocycles. The molecule has 3 rings (SSSR count). The Bertz CT molecular complexity index is 2060. The largest absolute Gasteiger partial charge is 0.394 e. The van der Waals surface area contributed by atoms with Gasteiger partial charge in [-0.3, -0.25) is 4.79 Å². The number of carbonyl (C=O) groups excluding carboxylic acids is 1. The molecule has 590 valence electrons. The van der Waals surface area contributed by atoms with Crippen molar-refractivity contribution in [2.24, 2.45) is 0 Å². The Kier molecular flexibility index (Phi) is 57.4. The third-order valence-corrected chi connectivity index (χ3v) is 20.3. The van der Waals surface area contributed by atoms with Crippen LogP contribution in [0.3, 0.4) is 0 Å². The van der Waals surface area contributed by atoms with Crippen LogP contribution >= 0.6 is 0 Å². The molecule has 101 heavy (non-hydrogen) atoms. The second-order valence-electron chi connectivity index (χ2n) is 29.2. The number of nitrogens with one attached hydrogen (secondary N) is 1. The van der Waals surface area contributed by atoms with Crippen molar-refractivity contribution in [3.63, 3.8) is 0 Å². The molecule has 12 N–H and O–H groups in total. The predicted octanol–water partition coefficient (Wildman–Crippen LogP) is 13.8. The molecule has 0 aromatic rings. The number of aliphatic hydroxyl groups excluding tert-OH is 11. The van der Waals surface area contributed by atoms with Gasteiger partial charge in [-0.05, 0) is 70.6 Å². The van der Waals surface area contributed by atoms with Gasteiger partial charge in [0.2, 0.25) is 5.91 Å². The molecule has 19 nitrogen and oxygen atoms in total. The molecule has 0 aliphatic carbocycles. The lowest BCUT2D eigenvalue weighted by Gasteiger charge is -2.48. The molecule has 0 aromatic heterocycles. The highest BCUT2D eigenvalue weighted by molar-refractivity contribution is 5.76. The first-order chi connectivity index (χ1) is 49.3. The molecule has 17 unspecified atom stereocenters. The van der Waals surface area contributed by atoms with Gasteiger partial charge in [0.1, 0.15) is 73.2 Å². The van der Waals surface area contributed by atoms with E-state index < -0.39 is 124 Å². The second-order valence-corrected chi connectivity index (χ2v) is 29.2. The summed E-state index contributed by atoms with van der Waals surface area (Å²) in [7, 11) is 0.